The van der Waals surface area contributed by atoms with E-state index >= 15 is 0 Å². The number of rotatable bonds is 1. The molecule has 5 nitrogen and oxygen atoms in total. The second kappa shape index (κ2) is 5.57. The van der Waals surface area contributed by atoms with Gasteiger partial charge >= 0.3 is 0 Å². The lowest BCUT2D eigenvalue weighted by molar-refractivity contribution is 0.0973. The third-order valence-corrected chi connectivity index (χ3v) is 2.54. The molecule has 2 aromatic rings. The first-order valence-electron chi connectivity index (χ1n) is 6.15. The first kappa shape index (κ1) is 13.8. The summed E-state index contributed by atoms with van der Waals surface area (Å²) in [7, 11) is 0. The molecular weight excluding hydrogens is 254 g/mol. The summed E-state index contributed by atoms with van der Waals surface area (Å²) in [4.78, 5) is 15.6. The molecule has 0 atom stereocenters. The quantitative estimate of drug-likeness (QED) is 0.636. The van der Waals surface area contributed by atoms with E-state index in [0.717, 1.165) is 5.76 Å². The lowest BCUT2D eigenvalue weighted by atomic mass is 9.93. The topological polar surface area (TPSA) is 68.0 Å². The van der Waals surface area contributed by atoms with Gasteiger partial charge in [-0.3, -0.25) is 15.1 Å². The highest BCUT2D eigenvalue weighted by atomic mass is 16.5. The zero-order valence-corrected chi connectivity index (χ0v) is 11.6. The van der Waals surface area contributed by atoms with E-state index < -0.39 is 0 Å². The summed E-state index contributed by atoms with van der Waals surface area (Å²) >= 11 is 0. The van der Waals surface area contributed by atoms with Crippen LogP contribution >= 0.6 is 0 Å². The van der Waals surface area contributed by atoms with Gasteiger partial charge in [-0.2, -0.15) is 0 Å². The predicted molar refractivity (Wildman–Crippen MR) is 73.8 cm³/mol. The molecule has 2 rings (SSSR count). The fourth-order valence-corrected chi connectivity index (χ4v) is 1.41. The van der Waals surface area contributed by atoms with Crippen molar-refractivity contribution in [3.05, 3.63) is 47.6 Å². The van der Waals surface area contributed by atoms with E-state index in [1.54, 1.807) is 24.4 Å². The summed E-state index contributed by atoms with van der Waals surface area (Å²) in [5, 5.41) is 6.31. The van der Waals surface area contributed by atoms with E-state index in [1.807, 2.05) is 20.8 Å². The van der Waals surface area contributed by atoms with Crippen LogP contribution in [0.25, 0.3) is 0 Å². The number of amides is 1. The Bertz CT molecular complexity index is 658. The molecule has 0 aliphatic rings. The molecule has 0 radical (unpaired) electrons. The van der Waals surface area contributed by atoms with Gasteiger partial charge in [-0.25, -0.2) is 0 Å². The minimum atomic E-state index is -0.301. The highest BCUT2D eigenvalue weighted by Gasteiger charge is 2.19. The van der Waals surface area contributed by atoms with E-state index in [4.69, 9.17) is 4.52 Å². The summed E-state index contributed by atoms with van der Waals surface area (Å²) < 4.78 is 5.20. The summed E-state index contributed by atoms with van der Waals surface area (Å²) in [5.74, 6) is 3.18. The number of carbonyl (C=O) groups is 1. The van der Waals surface area contributed by atoms with Crippen LogP contribution in [0.1, 0.15) is 42.6 Å². The first-order chi connectivity index (χ1) is 9.47. The summed E-state index contributed by atoms with van der Waals surface area (Å²) in [6.45, 7) is 6.07. The van der Waals surface area contributed by atoms with Gasteiger partial charge in [-0.05, 0) is 18.1 Å². The maximum atomic E-state index is 11.7. The second-order valence-electron chi connectivity index (χ2n) is 5.27. The number of aromatic nitrogens is 2. The molecule has 0 aromatic carbocycles. The Labute approximate surface area is 117 Å². The molecule has 0 aliphatic heterocycles. The van der Waals surface area contributed by atoms with Gasteiger partial charge in [-0.15, -0.1) is 0 Å². The van der Waals surface area contributed by atoms with Crippen LogP contribution in [0.15, 0.2) is 35.1 Å². The number of hydrogen-bond donors (Lipinski definition) is 1. The monoisotopic (exact) mass is 269 g/mol. The molecule has 0 bridgehead atoms. The van der Waals surface area contributed by atoms with Crippen LogP contribution in [0.3, 0.4) is 0 Å². The molecule has 2 aromatic heterocycles. The minimum absolute atomic E-state index is 0.119. The standard InChI is InChI=1S/C15H15N3O2/c1-15(2,3)13-9-12(18-20-13)6-8-17-14(19)11-5-4-7-16-10-11/h4-5,7,9-10H,1-3H3,(H,17,19). The fourth-order valence-electron chi connectivity index (χ4n) is 1.41. The van der Waals surface area contributed by atoms with E-state index in [9.17, 15) is 4.79 Å². The van der Waals surface area contributed by atoms with Gasteiger partial charge < -0.3 is 4.52 Å². The van der Waals surface area contributed by atoms with E-state index in [0.29, 0.717) is 11.3 Å². The van der Waals surface area contributed by atoms with Crippen molar-refractivity contribution in [2.45, 2.75) is 26.2 Å². The zero-order chi connectivity index (χ0) is 14.6. The van der Waals surface area contributed by atoms with Crippen LogP contribution in [-0.4, -0.2) is 16.0 Å². The van der Waals surface area contributed by atoms with Crippen molar-refractivity contribution < 1.29 is 9.32 Å². The van der Waals surface area contributed by atoms with Crippen molar-refractivity contribution in [1.29, 1.82) is 0 Å². The Hall–Kier alpha value is -2.61. The Balaban J connectivity index is 2.02. The average Bonchev–Trinajstić information content (AvgIpc) is 2.88. The molecule has 0 saturated heterocycles. The van der Waals surface area contributed by atoms with E-state index in [1.165, 1.54) is 6.20 Å². The van der Waals surface area contributed by atoms with E-state index in [2.05, 4.69) is 27.4 Å². The van der Waals surface area contributed by atoms with Crippen molar-refractivity contribution in [1.82, 2.24) is 15.5 Å². The van der Waals surface area contributed by atoms with Crippen molar-refractivity contribution in [2.24, 2.45) is 0 Å². The highest BCUT2D eigenvalue weighted by molar-refractivity contribution is 5.94. The maximum absolute atomic E-state index is 11.7. The normalized spacial score (nSPS) is 10.6. The van der Waals surface area contributed by atoms with Gasteiger partial charge in [0.2, 0.25) is 0 Å². The lowest BCUT2D eigenvalue weighted by Gasteiger charge is -2.11. The van der Waals surface area contributed by atoms with Crippen molar-refractivity contribution in [3.8, 4) is 12.0 Å². The minimum Gasteiger partial charge on any atom is -0.360 e. The van der Waals surface area contributed by atoms with Crippen LogP contribution in [0.2, 0.25) is 0 Å². The third-order valence-electron chi connectivity index (χ3n) is 2.54. The molecule has 0 saturated carbocycles. The summed E-state index contributed by atoms with van der Waals surface area (Å²) in [5.41, 5.74) is 0.824. The summed E-state index contributed by atoms with van der Waals surface area (Å²) in [6.07, 6.45) is 3.08. The second-order valence-corrected chi connectivity index (χ2v) is 5.27. The van der Waals surface area contributed by atoms with Crippen LogP contribution in [0, 0.1) is 12.0 Å². The average molecular weight is 269 g/mol. The number of nitrogens with one attached hydrogen (secondary N) is 1. The van der Waals surface area contributed by atoms with Crippen molar-refractivity contribution in [2.75, 3.05) is 0 Å². The van der Waals surface area contributed by atoms with E-state index in [-0.39, 0.29) is 11.3 Å². The van der Waals surface area contributed by atoms with Gasteiger partial charge in [0.05, 0.1) is 5.56 Å². The molecule has 1 N–H and O–H groups in total. The van der Waals surface area contributed by atoms with Gasteiger partial charge in [-0.1, -0.05) is 25.9 Å². The fraction of sp³-hybridized carbons (Fsp3) is 0.267. The summed E-state index contributed by atoms with van der Waals surface area (Å²) in [6, 6.07) is 7.69. The largest absolute Gasteiger partial charge is 0.360 e. The maximum Gasteiger partial charge on any atom is 0.264 e. The molecule has 0 aliphatic carbocycles. The zero-order valence-electron chi connectivity index (χ0n) is 11.6. The highest BCUT2D eigenvalue weighted by Crippen LogP contribution is 2.22. The molecule has 1 amide bonds. The number of carbonyl (C=O) groups excluding carboxylic acids is 1. The molecule has 2 heterocycles. The van der Waals surface area contributed by atoms with Gasteiger partial charge in [0, 0.05) is 29.9 Å². The molecule has 0 fully saturated rings. The van der Waals surface area contributed by atoms with Crippen LogP contribution in [-0.2, 0) is 5.41 Å². The molecule has 0 spiro atoms. The van der Waals surface area contributed by atoms with Gasteiger partial charge in [0.1, 0.15) is 5.76 Å². The lowest BCUT2D eigenvalue weighted by Crippen LogP contribution is -2.17. The Morgan fingerprint density at radius 2 is 2.20 bits per heavy atom. The molecule has 0 unspecified atom stereocenters. The van der Waals surface area contributed by atoms with Crippen molar-refractivity contribution >= 4 is 5.91 Å². The molecule has 102 valence electrons. The molecule has 5 heteroatoms. The molecule has 20 heavy (non-hydrogen) atoms. The first-order valence-corrected chi connectivity index (χ1v) is 6.15. The SMILES string of the molecule is CC(C)(C)c1cc(C#CNC(=O)c2cccnc2)no1. The van der Waals surface area contributed by atoms with Gasteiger partial charge in [0.15, 0.2) is 5.69 Å². The Kier molecular flexibility index (Phi) is 3.85. The Morgan fingerprint density at radius 3 is 2.80 bits per heavy atom. The predicted octanol–water partition coefficient (Wildman–Crippen LogP) is 2.11. The van der Waals surface area contributed by atoms with Gasteiger partial charge in [0.25, 0.3) is 5.91 Å². The third kappa shape index (κ3) is 3.45. The number of nitrogens with zero attached hydrogens (tertiary/aromatic N) is 2. The number of pyridine rings is 1. The molecular formula is C15H15N3O2. The van der Waals surface area contributed by atoms with Crippen molar-refractivity contribution in [3.63, 3.8) is 0 Å². The van der Waals surface area contributed by atoms with Crippen LogP contribution in [0.4, 0.5) is 0 Å². The smallest absolute Gasteiger partial charge is 0.264 e. The van der Waals surface area contributed by atoms with Crippen LogP contribution in [0.5, 0.6) is 0 Å². The van der Waals surface area contributed by atoms with Crippen LogP contribution < -0.4 is 5.32 Å². The number of hydrogen-bond acceptors (Lipinski definition) is 4. The Morgan fingerprint density at radius 1 is 1.40 bits per heavy atom.